The quantitative estimate of drug-likeness (QED) is 0.715. The number of nitriles is 1. The van der Waals surface area contributed by atoms with E-state index in [1.54, 1.807) is 6.92 Å². The van der Waals surface area contributed by atoms with Gasteiger partial charge < -0.3 is 10.1 Å². The minimum atomic E-state index is -0.261. The Morgan fingerprint density at radius 3 is 3.08 bits per heavy atom. The molecule has 1 aliphatic heterocycles. The Hall–Kier alpha value is -0.590. The van der Waals surface area contributed by atoms with E-state index in [1.165, 1.54) is 19.3 Å². The van der Waals surface area contributed by atoms with Crippen molar-refractivity contribution < 1.29 is 4.74 Å². The van der Waals surface area contributed by atoms with E-state index in [0.717, 1.165) is 13.0 Å². The summed E-state index contributed by atoms with van der Waals surface area (Å²) in [5.41, 5.74) is 0. The first-order valence-electron chi connectivity index (χ1n) is 5.07. The lowest BCUT2D eigenvalue weighted by Crippen LogP contribution is -2.35. The van der Waals surface area contributed by atoms with Crippen LogP contribution in [-0.2, 0) is 4.74 Å². The Morgan fingerprint density at radius 1 is 1.62 bits per heavy atom. The summed E-state index contributed by atoms with van der Waals surface area (Å²) < 4.78 is 5.29. The summed E-state index contributed by atoms with van der Waals surface area (Å²) in [6.07, 6.45) is 4.65. The summed E-state index contributed by atoms with van der Waals surface area (Å²) in [6.45, 7) is 3.62. The fourth-order valence-corrected chi connectivity index (χ4v) is 1.59. The molecule has 1 N–H and O–H groups in total. The first kappa shape index (κ1) is 10.5. The number of piperidine rings is 1. The molecule has 1 rings (SSSR count). The number of hydrogen-bond acceptors (Lipinski definition) is 3. The van der Waals surface area contributed by atoms with Crippen molar-refractivity contribution in [1.82, 2.24) is 5.32 Å². The number of hydrogen-bond donors (Lipinski definition) is 1. The standard InChI is InChI=1S/C10H18N2O/c1-9(8-11)13-7-5-10-4-2-3-6-12-10/h9-10,12H,2-7H2,1H3. The second-order valence-corrected chi connectivity index (χ2v) is 3.58. The Balaban J connectivity index is 2.02. The monoisotopic (exact) mass is 182 g/mol. The van der Waals surface area contributed by atoms with E-state index in [4.69, 9.17) is 10.00 Å². The fourth-order valence-electron chi connectivity index (χ4n) is 1.59. The van der Waals surface area contributed by atoms with Crippen LogP contribution in [0.3, 0.4) is 0 Å². The molecule has 3 nitrogen and oxygen atoms in total. The minimum Gasteiger partial charge on any atom is -0.364 e. The summed E-state index contributed by atoms with van der Waals surface area (Å²) in [5.74, 6) is 0. The van der Waals surface area contributed by atoms with Gasteiger partial charge in [0.1, 0.15) is 6.10 Å². The molecule has 74 valence electrons. The molecule has 0 amide bonds. The zero-order valence-electron chi connectivity index (χ0n) is 8.25. The SMILES string of the molecule is CC(C#N)OCCC1CCCCN1. The predicted octanol–water partition coefficient (Wildman–Crippen LogP) is 1.45. The van der Waals surface area contributed by atoms with Crippen LogP contribution in [0.15, 0.2) is 0 Å². The smallest absolute Gasteiger partial charge is 0.141 e. The minimum absolute atomic E-state index is 0.261. The second kappa shape index (κ2) is 5.95. The van der Waals surface area contributed by atoms with E-state index in [-0.39, 0.29) is 6.10 Å². The van der Waals surface area contributed by atoms with Crippen LogP contribution in [0.5, 0.6) is 0 Å². The van der Waals surface area contributed by atoms with Gasteiger partial charge in [-0.2, -0.15) is 5.26 Å². The molecule has 1 saturated heterocycles. The molecule has 2 unspecified atom stereocenters. The van der Waals surface area contributed by atoms with Crippen molar-refractivity contribution in [2.24, 2.45) is 0 Å². The summed E-state index contributed by atoms with van der Waals surface area (Å²) in [4.78, 5) is 0. The molecule has 2 atom stereocenters. The lowest BCUT2D eigenvalue weighted by Gasteiger charge is -2.23. The van der Waals surface area contributed by atoms with E-state index in [0.29, 0.717) is 12.6 Å². The van der Waals surface area contributed by atoms with Crippen LogP contribution in [0.2, 0.25) is 0 Å². The molecule has 0 radical (unpaired) electrons. The Bertz CT molecular complexity index is 170. The van der Waals surface area contributed by atoms with Crippen molar-refractivity contribution in [1.29, 1.82) is 5.26 Å². The molecule has 0 aromatic heterocycles. The van der Waals surface area contributed by atoms with Crippen LogP contribution in [0, 0.1) is 11.3 Å². The third-order valence-electron chi connectivity index (χ3n) is 2.43. The maximum atomic E-state index is 8.48. The fraction of sp³-hybridized carbons (Fsp3) is 0.900. The van der Waals surface area contributed by atoms with Gasteiger partial charge >= 0.3 is 0 Å². The van der Waals surface area contributed by atoms with E-state index in [9.17, 15) is 0 Å². The first-order chi connectivity index (χ1) is 6.33. The molecule has 13 heavy (non-hydrogen) atoms. The highest BCUT2D eigenvalue weighted by atomic mass is 16.5. The van der Waals surface area contributed by atoms with Crippen molar-refractivity contribution in [3.8, 4) is 6.07 Å². The zero-order chi connectivity index (χ0) is 9.52. The summed E-state index contributed by atoms with van der Waals surface area (Å²) in [7, 11) is 0. The normalized spacial score (nSPS) is 25.1. The highest BCUT2D eigenvalue weighted by Gasteiger charge is 2.12. The first-order valence-corrected chi connectivity index (χ1v) is 5.07. The summed E-state index contributed by atoms with van der Waals surface area (Å²) in [5, 5.41) is 11.9. The second-order valence-electron chi connectivity index (χ2n) is 3.58. The van der Waals surface area contributed by atoms with E-state index < -0.39 is 0 Å². The van der Waals surface area contributed by atoms with Gasteiger partial charge in [0, 0.05) is 12.6 Å². The molecule has 0 aromatic rings. The van der Waals surface area contributed by atoms with Crippen LogP contribution in [0.25, 0.3) is 0 Å². The van der Waals surface area contributed by atoms with Crippen LogP contribution in [0.1, 0.15) is 32.6 Å². The van der Waals surface area contributed by atoms with E-state index in [2.05, 4.69) is 11.4 Å². The van der Waals surface area contributed by atoms with Gasteiger partial charge in [0.25, 0.3) is 0 Å². The number of rotatable bonds is 4. The molecule has 0 bridgehead atoms. The molecular formula is C10H18N2O. The largest absolute Gasteiger partial charge is 0.364 e. The van der Waals surface area contributed by atoms with Crippen molar-refractivity contribution in [3.63, 3.8) is 0 Å². The van der Waals surface area contributed by atoms with Gasteiger partial charge in [-0.15, -0.1) is 0 Å². The van der Waals surface area contributed by atoms with Gasteiger partial charge in [0.05, 0.1) is 6.07 Å². The molecule has 0 aliphatic carbocycles. The maximum Gasteiger partial charge on any atom is 0.141 e. The highest BCUT2D eigenvalue weighted by molar-refractivity contribution is 4.79. The van der Waals surface area contributed by atoms with Crippen molar-refractivity contribution in [2.75, 3.05) is 13.2 Å². The Labute approximate surface area is 80.1 Å². The molecule has 1 aliphatic rings. The van der Waals surface area contributed by atoms with E-state index in [1.807, 2.05) is 0 Å². The van der Waals surface area contributed by atoms with Gasteiger partial charge in [-0.25, -0.2) is 0 Å². The lowest BCUT2D eigenvalue weighted by atomic mass is 10.0. The Kier molecular flexibility index (Phi) is 4.81. The number of ether oxygens (including phenoxy) is 1. The molecule has 0 aromatic carbocycles. The van der Waals surface area contributed by atoms with Gasteiger partial charge in [-0.3, -0.25) is 0 Å². The summed E-state index contributed by atoms with van der Waals surface area (Å²) in [6, 6.07) is 2.67. The van der Waals surface area contributed by atoms with E-state index >= 15 is 0 Å². The summed E-state index contributed by atoms with van der Waals surface area (Å²) >= 11 is 0. The van der Waals surface area contributed by atoms with Crippen LogP contribution in [0.4, 0.5) is 0 Å². The molecule has 1 fully saturated rings. The third-order valence-corrected chi connectivity index (χ3v) is 2.43. The van der Waals surface area contributed by atoms with Crippen molar-refractivity contribution in [3.05, 3.63) is 0 Å². The van der Waals surface area contributed by atoms with Gasteiger partial charge in [-0.05, 0) is 32.7 Å². The van der Waals surface area contributed by atoms with Gasteiger partial charge in [0.15, 0.2) is 0 Å². The lowest BCUT2D eigenvalue weighted by molar-refractivity contribution is 0.0913. The topological polar surface area (TPSA) is 45.0 Å². The molecule has 1 heterocycles. The molecule has 3 heteroatoms. The van der Waals surface area contributed by atoms with Gasteiger partial charge in [-0.1, -0.05) is 6.42 Å². The van der Waals surface area contributed by atoms with Crippen LogP contribution in [-0.4, -0.2) is 25.3 Å². The number of nitrogens with zero attached hydrogens (tertiary/aromatic N) is 1. The molecular weight excluding hydrogens is 164 g/mol. The highest BCUT2D eigenvalue weighted by Crippen LogP contribution is 2.10. The van der Waals surface area contributed by atoms with Crippen LogP contribution < -0.4 is 5.32 Å². The third kappa shape index (κ3) is 4.25. The maximum absolute atomic E-state index is 8.48. The van der Waals surface area contributed by atoms with Gasteiger partial charge in [0.2, 0.25) is 0 Å². The number of nitrogens with one attached hydrogen (secondary N) is 1. The average Bonchev–Trinajstić information content (AvgIpc) is 2.19. The molecule has 0 saturated carbocycles. The predicted molar refractivity (Wildman–Crippen MR) is 51.3 cm³/mol. The average molecular weight is 182 g/mol. The van der Waals surface area contributed by atoms with Crippen LogP contribution >= 0.6 is 0 Å². The zero-order valence-corrected chi connectivity index (χ0v) is 8.25. The van der Waals surface area contributed by atoms with Crippen molar-refractivity contribution >= 4 is 0 Å². The molecule has 0 spiro atoms. The van der Waals surface area contributed by atoms with Crippen molar-refractivity contribution in [2.45, 2.75) is 44.8 Å². The Morgan fingerprint density at radius 2 is 2.46 bits per heavy atom.